The zero-order valence-corrected chi connectivity index (χ0v) is 9.56. The fourth-order valence-electron chi connectivity index (χ4n) is 1.34. The third-order valence-corrected chi connectivity index (χ3v) is 2.55. The van der Waals surface area contributed by atoms with Crippen LogP contribution in [0.3, 0.4) is 0 Å². The van der Waals surface area contributed by atoms with E-state index in [4.69, 9.17) is 4.74 Å². The van der Waals surface area contributed by atoms with Gasteiger partial charge in [0.05, 0.1) is 18.6 Å². The van der Waals surface area contributed by atoms with Crippen molar-refractivity contribution in [2.45, 2.75) is 19.3 Å². The number of hydrogen-bond acceptors (Lipinski definition) is 4. The minimum Gasteiger partial charge on any atom is -0.490 e. The highest BCUT2D eigenvalue weighted by atomic mass is 16.6. The Morgan fingerprint density at radius 3 is 2.56 bits per heavy atom. The Hall–Kier alpha value is -1.62. The van der Waals surface area contributed by atoms with E-state index in [0.29, 0.717) is 5.56 Å². The van der Waals surface area contributed by atoms with Gasteiger partial charge >= 0.3 is 5.69 Å². The Kier molecular flexibility index (Phi) is 3.49. The molecule has 1 N–H and O–H groups in total. The average molecular weight is 225 g/mol. The van der Waals surface area contributed by atoms with E-state index in [-0.39, 0.29) is 18.0 Å². The minimum atomic E-state index is -0.503. The van der Waals surface area contributed by atoms with Gasteiger partial charge in [-0.3, -0.25) is 10.1 Å². The molecule has 0 spiro atoms. The molecule has 0 radical (unpaired) electrons. The lowest BCUT2D eigenvalue weighted by Gasteiger charge is -2.22. The van der Waals surface area contributed by atoms with Gasteiger partial charge in [-0.2, -0.15) is 0 Å². The summed E-state index contributed by atoms with van der Waals surface area (Å²) in [5.41, 5.74) is 0.126. The highest BCUT2D eigenvalue weighted by Crippen LogP contribution is 2.32. The molecule has 0 heterocycles. The van der Waals surface area contributed by atoms with E-state index in [0.717, 1.165) is 0 Å². The fraction of sp³-hybridized carbons (Fsp3) is 0.455. The van der Waals surface area contributed by atoms with Gasteiger partial charge in [-0.15, -0.1) is 0 Å². The molecule has 5 nitrogen and oxygen atoms in total. The van der Waals surface area contributed by atoms with Gasteiger partial charge in [-0.25, -0.2) is 0 Å². The first-order chi connectivity index (χ1) is 7.42. The van der Waals surface area contributed by atoms with Gasteiger partial charge in [0.1, 0.15) is 0 Å². The summed E-state index contributed by atoms with van der Waals surface area (Å²) in [6, 6.07) is 4.71. The van der Waals surface area contributed by atoms with Crippen LogP contribution in [0.4, 0.5) is 5.69 Å². The Balaban J connectivity index is 3.27. The van der Waals surface area contributed by atoms with Crippen LogP contribution in [0.15, 0.2) is 18.2 Å². The quantitative estimate of drug-likeness (QED) is 0.627. The third kappa shape index (κ3) is 2.30. The van der Waals surface area contributed by atoms with Gasteiger partial charge in [0.15, 0.2) is 5.75 Å². The molecular weight excluding hydrogens is 210 g/mol. The van der Waals surface area contributed by atoms with Crippen LogP contribution in [0.1, 0.15) is 19.4 Å². The van der Waals surface area contributed by atoms with Gasteiger partial charge in [0.2, 0.25) is 0 Å². The van der Waals surface area contributed by atoms with E-state index >= 15 is 0 Å². The van der Waals surface area contributed by atoms with Crippen LogP contribution in [-0.4, -0.2) is 23.7 Å². The fourth-order valence-corrected chi connectivity index (χ4v) is 1.34. The number of benzene rings is 1. The van der Waals surface area contributed by atoms with Crippen LogP contribution >= 0.6 is 0 Å². The molecule has 0 fully saturated rings. The largest absolute Gasteiger partial charge is 0.490 e. The first-order valence-electron chi connectivity index (χ1n) is 4.86. The number of aliphatic hydroxyl groups is 1. The average Bonchev–Trinajstić information content (AvgIpc) is 2.28. The minimum absolute atomic E-state index is 0.0729. The molecule has 0 aromatic heterocycles. The number of hydrogen-bond donors (Lipinski definition) is 1. The van der Waals surface area contributed by atoms with Crippen molar-refractivity contribution in [2.75, 3.05) is 13.7 Å². The molecular formula is C11H15NO4. The molecule has 1 rings (SSSR count). The van der Waals surface area contributed by atoms with Gasteiger partial charge < -0.3 is 9.84 Å². The topological polar surface area (TPSA) is 72.6 Å². The van der Waals surface area contributed by atoms with E-state index in [1.165, 1.54) is 13.2 Å². The second-order valence-corrected chi connectivity index (χ2v) is 4.19. The highest BCUT2D eigenvalue weighted by molar-refractivity contribution is 5.50. The summed E-state index contributed by atoms with van der Waals surface area (Å²) in [5, 5.41) is 20.0. The number of nitro benzene ring substituents is 1. The summed E-state index contributed by atoms with van der Waals surface area (Å²) in [6.07, 6.45) is 0. The smallest absolute Gasteiger partial charge is 0.311 e. The lowest BCUT2D eigenvalue weighted by atomic mass is 9.85. The summed E-state index contributed by atoms with van der Waals surface area (Å²) in [7, 11) is 1.39. The number of aliphatic hydroxyl groups excluding tert-OH is 1. The van der Waals surface area contributed by atoms with Crippen LogP contribution in [0.25, 0.3) is 0 Å². The molecule has 0 aliphatic heterocycles. The Morgan fingerprint density at radius 1 is 1.50 bits per heavy atom. The molecule has 0 saturated carbocycles. The molecule has 88 valence electrons. The van der Waals surface area contributed by atoms with Crippen molar-refractivity contribution in [1.82, 2.24) is 0 Å². The Labute approximate surface area is 93.8 Å². The molecule has 0 atom stereocenters. The van der Waals surface area contributed by atoms with Crippen LogP contribution in [0, 0.1) is 10.1 Å². The first kappa shape index (κ1) is 12.4. The number of rotatable bonds is 4. The third-order valence-electron chi connectivity index (χ3n) is 2.55. The maximum atomic E-state index is 10.8. The summed E-state index contributed by atoms with van der Waals surface area (Å²) in [6.45, 7) is 3.56. The van der Waals surface area contributed by atoms with Crippen LogP contribution in [0.5, 0.6) is 5.75 Å². The summed E-state index contributed by atoms with van der Waals surface area (Å²) < 4.78 is 4.90. The molecule has 0 saturated heterocycles. The maximum Gasteiger partial charge on any atom is 0.311 e. The van der Waals surface area contributed by atoms with Crippen molar-refractivity contribution < 1.29 is 14.8 Å². The molecule has 0 unspecified atom stereocenters. The standard InChI is InChI=1S/C11H15NO4/c1-11(2,7-13)8-4-5-10(16-3)9(6-8)12(14)15/h4-6,13H,7H2,1-3H3. The van der Waals surface area contributed by atoms with E-state index in [1.807, 2.05) is 13.8 Å². The van der Waals surface area contributed by atoms with Gasteiger partial charge in [-0.1, -0.05) is 19.9 Å². The monoisotopic (exact) mass is 225 g/mol. The van der Waals surface area contributed by atoms with E-state index in [9.17, 15) is 15.2 Å². The molecule has 0 amide bonds. The van der Waals surface area contributed by atoms with Gasteiger partial charge in [-0.05, 0) is 11.6 Å². The van der Waals surface area contributed by atoms with Crippen LogP contribution < -0.4 is 4.74 Å². The van der Waals surface area contributed by atoms with Crippen molar-refractivity contribution in [3.8, 4) is 5.75 Å². The zero-order chi connectivity index (χ0) is 12.3. The van der Waals surface area contributed by atoms with Crippen molar-refractivity contribution in [3.05, 3.63) is 33.9 Å². The van der Waals surface area contributed by atoms with E-state index in [2.05, 4.69) is 0 Å². The lowest BCUT2D eigenvalue weighted by Crippen LogP contribution is -2.22. The number of nitrogens with zero attached hydrogens (tertiary/aromatic N) is 1. The molecule has 0 aliphatic carbocycles. The Bertz CT molecular complexity index is 401. The first-order valence-corrected chi connectivity index (χ1v) is 4.86. The van der Waals surface area contributed by atoms with Crippen molar-refractivity contribution >= 4 is 5.69 Å². The normalized spacial score (nSPS) is 11.2. The van der Waals surface area contributed by atoms with Gasteiger partial charge in [0.25, 0.3) is 0 Å². The zero-order valence-electron chi connectivity index (χ0n) is 9.56. The molecule has 0 bridgehead atoms. The lowest BCUT2D eigenvalue weighted by molar-refractivity contribution is -0.385. The SMILES string of the molecule is COc1ccc(C(C)(C)CO)cc1[N+](=O)[O-]. The number of ether oxygens (including phenoxy) is 1. The summed E-state index contributed by atoms with van der Waals surface area (Å²) in [4.78, 5) is 10.3. The second-order valence-electron chi connectivity index (χ2n) is 4.19. The highest BCUT2D eigenvalue weighted by Gasteiger charge is 2.24. The second kappa shape index (κ2) is 4.49. The van der Waals surface area contributed by atoms with Crippen LogP contribution in [-0.2, 0) is 5.41 Å². The van der Waals surface area contributed by atoms with Crippen molar-refractivity contribution in [1.29, 1.82) is 0 Å². The Morgan fingerprint density at radius 2 is 2.12 bits per heavy atom. The van der Waals surface area contributed by atoms with Crippen molar-refractivity contribution in [2.24, 2.45) is 0 Å². The van der Waals surface area contributed by atoms with Gasteiger partial charge in [0, 0.05) is 11.5 Å². The van der Waals surface area contributed by atoms with E-state index in [1.54, 1.807) is 12.1 Å². The molecule has 1 aromatic rings. The number of methoxy groups -OCH3 is 1. The van der Waals surface area contributed by atoms with Crippen LogP contribution in [0.2, 0.25) is 0 Å². The molecule has 1 aromatic carbocycles. The summed E-state index contributed by atoms with van der Waals surface area (Å²) in [5.74, 6) is 0.225. The predicted octanol–water partition coefficient (Wildman–Crippen LogP) is 1.87. The number of nitro groups is 1. The van der Waals surface area contributed by atoms with Crippen molar-refractivity contribution in [3.63, 3.8) is 0 Å². The molecule has 5 heteroatoms. The maximum absolute atomic E-state index is 10.8. The predicted molar refractivity (Wildman–Crippen MR) is 59.8 cm³/mol. The molecule has 16 heavy (non-hydrogen) atoms. The van der Waals surface area contributed by atoms with E-state index < -0.39 is 10.3 Å². The summed E-state index contributed by atoms with van der Waals surface area (Å²) >= 11 is 0. The molecule has 0 aliphatic rings.